The number of aliphatic hydroxyl groups is 1. The lowest BCUT2D eigenvalue weighted by Gasteiger charge is -2.14. The van der Waals surface area contributed by atoms with Gasteiger partial charge in [-0.3, -0.25) is 4.68 Å². The normalized spacial score (nSPS) is 12.7. The third kappa shape index (κ3) is 2.56. The molecule has 1 heterocycles. The van der Waals surface area contributed by atoms with Crippen LogP contribution in [0.2, 0.25) is 0 Å². The highest BCUT2D eigenvalue weighted by molar-refractivity contribution is 5.35. The summed E-state index contributed by atoms with van der Waals surface area (Å²) in [6, 6.07) is 7.97. The lowest BCUT2D eigenvalue weighted by Crippen LogP contribution is -2.05. The predicted molar refractivity (Wildman–Crippen MR) is 67.8 cm³/mol. The average molecular weight is 230 g/mol. The SMILES string of the molecule is Cc1cccc(C(O)Cc2ccn(C)n2)c1C. The van der Waals surface area contributed by atoms with Crippen LogP contribution in [-0.2, 0) is 13.5 Å². The van der Waals surface area contributed by atoms with Crippen molar-refractivity contribution in [3.8, 4) is 0 Å². The van der Waals surface area contributed by atoms with Crippen LogP contribution in [0.3, 0.4) is 0 Å². The Labute approximate surface area is 102 Å². The Bertz CT molecular complexity index is 517. The monoisotopic (exact) mass is 230 g/mol. The quantitative estimate of drug-likeness (QED) is 0.878. The van der Waals surface area contributed by atoms with Gasteiger partial charge in [-0.25, -0.2) is 0 Å². The van der Waals surface area contributed by atoms with E-state index < -0.39 is 6.10 Å². The average Bonchev–Trinajstić information content (AvgIpc) is 2.68. The molecule has 0 aliphatic heterocycles. The van der Waals surface area contributed by atoms with Crippen LogP contribution in [0.1, 0.15) is 28.5 Å². The Morgan fingerprint density at radius 3 is 2.71 bits per heavy atom. The summed E-state index contributed by atoms with van der Waals surface area (Å²) < 4.78 is 1.76. The zero-order chi connectivity index (χ0) is 12.4. The Morgan fingerprint density at radius 2 is 2.06 bits per heavy atom. The highest BCUT2D eigenvalue weighted by Crippen LogP contribution is 2.22. The first-order valence-electron chi connectivity index (χ1n) is 5.80. The Balaban J connectivity index is 2.20. The number of hydrogen-bond acceptors (Lipinski definition) is 2. The standard InChI is InChI=1S/C14H18N2O/c1-10-5-4-6-13(11(10)2)14(17)9-12-7-8-16(3)15-12/h4-8,14,17H,9H2,1-3H3. The summed E-state index contributed by atoms with van der Waals surface area (Å²) >= 11 is 0. The number of rotatable bonds is 3. The van der Waals surface area contributed by atoms with Gasteiger partial charge in [0.15, 0.2) is 0 Å². The first kappa shape index (κ1) is 11.9. The van der Waals surface area contributed by atoms with Crippen LogP contribution in [0.25, 0.3) is 0 Å². The maximum Gasteiger partial charge on any atom is 0.0848 e. The number of nitrogens with zero attached hydrogens (tertiary/aromatic N) is 2. The Kier molecular flexibility index (Phi) is 3.29. The van der Waals surface area contributed by atoms with E-state index in [0.29, 0.717) is 6.42 Å². The minimum Gasteiger partial charge on any atom is -0.388 e. The minimum atomic E-state index is -0.482. The number of benzene rings is 1. The van der Waals surface area contributed by atoms with Crippen LogP contribution >= 0.6 is 0 Å². The molecule has 0 aliphatic carbocycles. The van der Waals surface area contributed by atoms with E-state index in [2.05, 4.69) is 18.1 Å². The van der Waals surface area contributed by atoms with E-state index in [9.17, 15) is 5.11 Å². The summed E-state index contributed by atoms with van der Waals surface area (Å²) in [7, 11) is 1.88. The molecule has 0 spiro atoms. The summed E-state index contributed by atoms with van der Waals surface area (Å²) in [5.41, 5.74) is 4.29. The van der Waals surface area contributed by atoms with Gasteiger partial charge < -0.3 is 5.11 Å². The second kappa shape index (κ2) is 4.72. The molecule has 0 radical (unpaired) electrons. The second-order valence-corrected chi connectivity index (χ2v) is 4.49. The molecular formula is C14H18N2O. The van der Waals surface area contributed by atoms with Crippen LogP contribution in [-0.4, -0.2) is 14.9 Å². The zero-order valence-electron chi connectivity index (χ0n) is 10.5. The van der Waals surface area contributed by atoms with Crippen molar-refractivity contribution in [3.05, 3.63) is 52.8 Å². The largest absolute Gasteiger partial charge is 0.388 e. The maximum atomic E-state index is 10.2. The van der Waals surface area contributed by atoms with Crippen molar-refractivity contribution in [3.63, 3.8) is 0 Å². The van der Waals surface area contributed by atoms with Crippen molar-refractivity contribution >= 4 is 0 Å². The molecule has 1 N–H and O–H groups in total. The van der Waals surface area contributed by atoms with Gasteiger partial charge in [-0.1, -0.05) is 18.2 Å². The van der Waals surface area contributed by atoms with Crippen LogP contribution in [0, 0.1) is 13.8 Å². The van der Waals surface area contributed by atoms with E-state index in [1.807, 2.05) is 38.4 Å². The van der Waals surface area contributed by atoms with E-state index in [-0.39, 0.29) is 0 Å². The van der Waals surface area contributed by atoms with Gasteiger partial charge in [0.05, 0.1) is 11.8 Å². The van der Waals surface area contributed by atoms with Gasteiger partial charge in [0.1, 0.15) is 0 Å². The maximum absolute atomic E-state index is 10.2. The van der Waals surface area contributed by atoms with Crippen molar-refractivity contribution in [2.24, 2.45) is 7.05 Å². The van der Waals surface area contributed by atoms with Gasteiger partial charge in [-0.15, -0.1) is 0 Å². The molecule has 0 saturated heterocycles. The van der Waals surface area contributed by atoms with E-state index >= 15 is 0 Å². The number of aryl methyl sites for hydroxylation is 2. The lowest BCUT2D eigenvalue weighted by molar-refractivity contribution is 0.176. The first-order chi connectivity index (χ1) is 8.08. The molecule has 0 bridgehead atoms. The van der Waals surface area contributed by atoms with Gasteiger partial charge in [0, 0.05) is 19.7 Å². The van der Waals surface area contributed by atoms with E-state index in [4.69, 9.17) is 0 Å². The van der Waals surface area contributed by atoms with E-state index in [0.717, 1.165) is 16.8 Å². The summed E-state index contributed by atoms with van der Waals surface area (Å²) in [5, 5.41) is 14.5. The Morgan fingerprint density at radius 1 is 1.29 bits per heavy atom. The molecule has 3 heteroatoms. The lowest BCUT2D eigenvalue weighted by atomic mass is 9.97. The van der Waals surface area contributed by atoms with Crippen LogP contribution in [0.15, 0.2) is 30.5 Å². The van der Waals surface area contributed by atoms with Gasteiger partial charge in [-0.2, -0.15) is 5.10 Å². The Hall–Kier alpha value is -1.61. The molecular weight excluding hydrogens is 212 g/mol. The highest BCUT2D eigenvalue weighted by Gasteiger charge is 2.13. The molecule has 17 heavy (non-hydrogen) atoms. The molecule has 1 atom stereocenters. The van der Waals surface area contributed by atoms with Crippen LogP contribution < -0.4 is 0 Å². The number of hydrogen-bond donors (Lipinski definition) is 1. The fourth-order valence-corrected chi connectivity index (χ4v) is 2.01. The van der Waals surface area contributed by atoms with Gasteiger partial charge in [0.2, 0.25) is 0 Å². The zero-order valence-corrected chi connectivity index (χ0v) is 10.5. The minimum absolute atomic E-state index is 0.482. The third-order valence-electron chi connectivity index (χ3n) is 3.18. The molecule has 2 aromatic rings. The molecule has 0 aliphatic rings. The van der Waals surface area contributed by atoms with Gasteiger partial charge in [-0.05, 0) is 36.6 Å². The van der Waals surface area contributed by atoms with Crippen molar-refractivity contribution in [1.82, 2.24) is 9.78 Å². The summed E-state index contributed by atoms with van der Waals surface area (Å²) in [4.78, 5) is 0. The van der Waals surface area contributed by atoms with Crippen molar-refractivity contribution in [2.45, 2.75) is 26.4 Å². The molecule has 0 amide bonds. The molecule has 1 aromatic heterocycles. The summed E-state index contributed by atoms with van der Waals surface area (Å²) in [6.45, 7) is 4.11. The van der Waals surface area contributed by atoms with Crippen molar-refractivity contribution in [1.29, 1.82) is 0 Å². The fourth-order valence-electron chi connectivity index (χ4n) is 2.01. The molecule has 0 fully saturated rings. The molecule has 1 unspecified atom stereocenters. The molecule has 0 saturated carbocycles. The molecule has 3 nitrogen and oxygen atoms in total. The highest BCUT2D eigenvalue weighted by atomic mass is 16.3. The third-order valence-corrected chi connectivity index (χ3v) is 3.18. The summed E-state index contributed by atoms with van der Waals surface area (Å²) in [6.07, 6.45) is 1.97. The van der Waals surface area contributed by atoms with Gasteiger partial charge >= 0.3 is 0 Å². The number of aromatic nitrogens is 2. The smallest absolute Gasteiger partial charge is 0.0848 e. The van der Waals surface area contributed by atoms with E-state index in [1.54, 1.807) is 4.68 Å². The second-order valence-electron chi connectivity index (χ2n) is 4.49. The fraction of sp³-hybridized carbons (Fsp3) is 0.357. The predicted octanol–water partition coefficient (Wildman–Crippen LogP) is 2.31. The van der Waals surface area contributed by atoms with Crippen LogP contribution in [0.4, 0.5) is 0 Å². The first-order valence-corrected chi connectivity index (χ1v) is 5.80. The molecule has 90 valence electrons. The van der Waals surface area contributed by atoms with E-state index in [1.165, 1.54) is 5.56 Å². The van der Waals surface area contributed by atoms with Crippen molar-refractivity contribution < 1.29 is 5.11 Å². The van der Waals surface area contributed by atoms with Crippen molar-refractivity contribution in [2.75, 3.05) is 0 Å². The summed E-state index contributed by atoms with van der Waals surface area (Å²) in [5.74, 6) is 0. The van der Waals surface area contributed by atoms with Gasteiger partial charge in [0.25, 0.3) is 0 Å². The topological polar surface area (TPSA) is 38.0 Å². The van der Waals surface area contributed by atoms with Crippen LogP contribution in [0.5, 0.6) is 0 Å². The molecule has 2 rings (SSSR count). The molecule has 1 aromatic carbocycles. The number of aliphatic hydroxyl groups excluding tert-OH is 1.